The first-order chi connectivity index (χ1) is 17.9. The van der Waals surface area contributed by atoms with E-state index in [9.17, 15) is 4.79 Å². The molecule has 1 fully saturated rings. The van der Waals surface area contributed by atoms with Crippen LogP contribution in [-0.4, -0.2) is 27.7 Å². The zero-order valence-corrected chi connectivity index (χ0v) is 22.0. The van der Waals surface area contributed by atoms with E-state index >= 15 is 0 Å². The molecule has 1 aromatic carbocycles. The molecule has 0 aliphatic carbocycles. The Bertz CT molecular complexity index is 1430. The smallest absolute Gasteiger partial charge is 0.221 e. The first-order valence-corrected chi connectivity index (χ1v) is 12.4. The number of amides is 1. The first kappa shape index (κ1) is 24.6. The molecule has 0 saturated carbocycles. The summed E-state index contributed by atoms with van der Waals surface area (Å²) < 4.78 is 13.4. The summed E-state index contributed by atoms with van der Waals surface area (Å²) in [6.07, 6.45) is 3.49. The summed E-state index contributed by atoms with van der Waals surface area (Å²) in [5, 5.41) is 6.95. The van der Waals surface area contributed by atoms with Crippen LogP contribution in [-0.2, 0) is 11.3 Å². The van der Waals surface area contributed by atoms with E-state index in [-0.39, 0.29) is 18.0 Å². The standard InChI is InChI=1S/C28H29N5O3S/c1-17-14-22(18(2)32(17)16-21-8-7-13-36-21)27-26(23-9-5-6-12-29-23)31-28(37)33(27)20-10-11-25(35-4)24(15-20)30-19(3)34/h5-15,26-27H,16H2,1-4H3,(H,30,34)(H,31,37)/t26-,27+/m0/s1. The summed E-state index contributed by atoms with van der Waals surface area (Å²) >= 11 is 5.89. The minimum absolute atomic E-state index is 0.179. The molecule has 4 aromatic rings. The first-order valence-electron chi connectivity index (χ1n) is 12.0. The van der Waals surface area contributed by atoms with Crippen LogP contribution >= 0.6 is 12.2 Å². The topological polar surface area (TPSA) is 84.6 Å². The predicted molar refractivity (Wildman–Crippen MR) is 147 cm³/mol. The van der Waals surface area contributed by atoms with Crippen molar-refractivity contribution in [1.82, 2.24) is 14.9 Å². The van der Waals surface area contributed by atoms with Crippen LogP contribution in [0.15, 0.2) is 71.5 Å². The van der Waals surface area contributed by atoms with Gasteiger partial charge in [0.15, 0.2) is 5.11 Å². The Morgan fingerprint density at radius 2 is 2.03 bits per heavy atom. The Hall–Kier alpha value is -4.11. The van der Waals surface area contributed by atoms with Gasteiger partial charge in [-0.25, -0.2) is 0 Å². The summed E-state index contributed by atoms with van der Waals surface area (Å²) in [7, 11) is 1.58. The molecule has 5 rings (SSSR count). The van der Waals surface area contributed by atoms with Gasteiger partial charge in [0.05, 0.1) is 43.4 Å². The molecule has 0 unspecified atom stereocenters. The Kier molecular flexibility index (Phi) is 6.71. The highest BCUT2D eigenvalue weighted by atomic mass is 32.1. The van der Waals surface area contributed by atoms with Crippen molar-refractivity contribution in [2.75, 3.05) is 17.3 Å². The minimum Gasteiger partial charge on any atom is -0.495 e. The number of anilines is 2. The molecule has 190 valence electrons. The van der Waals surface area contributed by atoms with Crippen molar-refractivity contribution in [3.63, 3.8) is 0 Å². The second kappa shape index (κ2) is 10.1. The fourth-order valence-electron chi connectivity index (χ4n) is 5.01. The fraction of sp³-hybridized carbons (Fsp3) is 0.250. The van der Waals surface area contributed by atoms with Gasteiger partial charge in [-0.3, -0.25) is 9.78 Å². The normalized spacial score (nSPS) is 17.1. The maximum atomic E-state index is 11.9. The van der Waals surface area contributed by atoms with Gasteiger partial charge in [-0.1, -0.05) is 6.07 Å². The molecule has 3 aromatic heterocycles. The van der Waals surface area contributed by atoms with Gasteiger partial charge in [0.2, 0.25) is 5.91 Å². The number of nitrogens with zero attached hydrogens (tertiary/aromatic N) is 3. The highest BCUT2D eigenvalue weighted by Crippen LogP contribution is 2.44. The van der Waals surface area contributed by atoms with Gasteiger partial charge >= 0.3 is 0 Å². The van der Waals surface area contributed by atoms with Gasteiger partial charge in [-0.05, 0) is 80.2 Å². The van der Waals surface area contributed by atoms with Crippen LogP contribution in [0.3, 0.4) is 0 Å². The SMILES string of the molecule is COc1ccc(N2C(=S)N[C@@H](c3ccccn3)[C@H]2c2cc(C)n(Cc3ccco3)c2C)cc1NC(C)=O. The molecule has 9 heteroatoms. The summed E-state index contributed by atoms with van der Waals surface area (Å²) in [4.78, 5) is 18.6. The number of ether oxygens (including phenoxy) is 1. The maximum Gasteiger partial charge on any atom is 0.221 e. The molecule has 0 spiro atoms. The molecule has 0 radical (unpaired) electrons. The molecule has 37 heavy (non-hydrogen) atoms. The summed E-state index contributed by atoms with van der Waals surface area (Å²) in [5.74, 6) is 1.29. The number of aromatic nitrogens is 2. The van der Waals surface area contributed by atoms with Crippen molar-refractivity contribution in [2.45, 2.75) is 39.4 Å². The number of benzene rings is 1. The van der Waals surface area contributed by atoms with Crippen molar-refractivity contribution < 1.29 is 13.9 Å². The van der Waals surface area contributed by atoms with Crippen LogP contribution in [0.5, 0.6) is 5.75 Å². The highest BCUT2D eigenvalue weighted by molar-refractivity contribution is 7.80. The molecule has 1 aliphatic rings. The van der Waals surface area contributed by atoms with E-state index in [1.165, 1.54) is 6.92 Å². The van der Waals surface area contributed by atoms with Gasteiger partial charge in [-0.15, -0.1) is 0 Å². The number of nitrogens with one attached hydrogen (secondary N) is 2. The zero-order valence-electron chi connectivity index (χ0n) is 21.2. The van der Waals surface area contributed by atoms with E-state index in [2.05, 4.69) is 45.0 Å². The third-order valence-corrected chi connectivity index (χ3v) is 7.01. The number of thiocarbonyl (C=S) groups is 1. The number of aryl methyl sites for hydroxylation is 1. The van der Waals surface area contributed by atoms with Crippen LogP contribution in [0.1, 0.15) is 47.4 Å². The average Bonchev–Trinajstić information content (AvgIpc) is 3.59. The molecular weight excluding hydrogens is 486 g/mol. The number of furan rings is 1. The monoisotopic (exact) mass is 515 g/mol. The Morgan fingerprint density at radius 3 is 2.70 bits per heavy atom. The number of carbonyl (C=O) groups excluding carboxylic acids is 1. The summed E-state index contributed by atoms with van der Waals surface area (Å²) in [6.45, 7) is 6.33. The molecule has 4 heterocycles. The Labute approximate surface area is 221 Å². The van der Waals surface area contributed by atoms with Crippen LogP contribution in [0.2, 0.25) is 0 Å². The lowest BCUT2D eigenvalue weighted by atomic mass is 9.96. The van der Waals surface area contributed by atoms with Crippen LogP contribution < -0.4 is 20.3 Å². The number of carbonyl (C=O) groups is 1. The number of methoxy groups -OCH3 is 1. The van der Waals surface area contributed by atoms with E-state index in [0.717, 1.165) is 34.1 Å². The number of pyridine rings is 1. The largest absolute Gasteiger partial charge is 0.495 e. The minimum atomic E-state index is -0.183. The lowest BCUT2D eigenvalue weighted by molar-refractivity contribution is -0.114. The molecule has 1 saturated heterocycles. The molecule has 8 nitrogen and oxygen atoms in total. The van der Waals surface area contributed by atoms with Crippen molar-refractivity contribution in [3.05, 3.63) is 95.5 Å². The lowest BCUT2D eigenvalue weighted by Gasteiger charge is -2.29. The van der Waals surface area contributed by atoms with Crippen molar-refractivity contribution >= 4 is 34.6 Å². The van der Waals surface area contributed by atoms with Gasteiger partial charge in [0.1, 0.15) is 11.5 Å². The van der Waals surface area contributed by atoms with E-state index in [0.29, 0.717) is 23.1 Å². The molecule has 2 N–H and O–H groups in total. The zero-order chi connectivity index (χ0) is 26.1. The lowest BCUT2D eigenvalue weighted by Crippen LogP contribution is -2.29. The van der Waals surface area contributed by atoms with Crippen LogP contribution in [0.25, 0.3) is 0 Å². The van der Waals surface area contributed by atoms with Crippen molar-refractivity contribution in [3.8, 4) is 5.75 Å². The second-order valence-electron chi connectivity index (χ2n) is 9.05. The third kappa shape index (κ3) is 4.70. The summed E-state index contributed by atoms with van der Waals surface area (Å²) in [5.41, 5.74) is 5.68. The average molecular weight is 516 g/mol. The number of rotatable bonds is 7. The van der Waals surface area contributed by atoms with Gasteiger partial charge < -0.3 is 29.3 Å². The van der Waals surface area contributed by atoms with Gasteiger partial charge in [0.25, 0.3) is 0 Å². The molecule has 1 amide bonds. The van der Waals surface area contributed by atoms with E-state index in [1.807, 2.05) is 48.5 Å². The van der Waals surface area contributed by atoms with Crippen molar-refractivity contribution in [1.29, 1.82) is 0 Å². The second-order valence-corrected chi connectivity index (χ2v) is 9.44. The molecular formula is C28H29N5O3S. The van der Waals surface area contributed by atoms with E-state index in [1.54, 1.807) is 19.6 Å². The molecule has 2 atom stereocenters. The molecule has 0 bridgehead atoms. The maximum absolute atomic E-state index is 11.9. The molecule has 1 aliphatic heterocycles. The van der Waals surface area contributed by atoms with E-state index in [4.69, 9.17) is 21.4 Å². The van der Waals surface area contributed by atoms with E-state index < -0.39 is 0 Å². The van der Waals surface area contributed by atoms with Crippen molar-refractivity contribution in [2.24, 2.45) is 0 Å². The Balaban J connectivity index is 1.63. The highest BCUT2D eigenvalue weighted by Gasteiger charge is 2.42. The van der Waals surface area contributed by atoms with Gasteiger partial charge in [0, 0.05) is 30.2 Å². The number of hydrogen-bond acceptors (Lipinski definition) is 5. The third-order valence-electron chi connectivity index (χ3n) is 6.70. The Morgan fingerprint density at radius 1 is 1.19 bits per heavy atom. The fourth-order valence-corrected chi connectivity index (χ4v) is 5.36. The summed E-state index contributed by atoms with van der Waals surface area (Å²) in [6, 6.07) is 17.3. The predicted octanol–water partition coefficient (Wildman–Crippen LogP) is 5.29. The number of hydrogen-bond donors (Lipinski definition) is 2. The van der Waals surface area contributed by atoms with Gasteiger partial charge in [-0.2, -0.15) is 0 Å². The quantitative estimate of drug-likeness (QED) is 0.324. The van der Waals surface area contributed by atoms with Crippen LogP contribution in [0.4, 0.5) is 11.4 Å². The van der Waals surface area contributed by atoms with Crippen LogP contribution in [0, 0.1) is 13.8 Å².